The number of rotatable bonds is 2. The van der Waals surface area contributed by atoms with Crippen LogP contribution in [0.25, 0.3) is 0 Å². The maximum atomic E-state index is 12.3. The molecule has 1 aromatic heterocycles. The molecule has 1 amide bonds. The topological polar surface area (TPSA) is 60.2 Å². The highest BCUT2D eigenvalue weighted by Crippen LogP contribution is 2.17. The van der Waals surface area contributed by atoms with E-state index in [1.54, 1.807) is 17.2 Å². The van der Waals surface area contributed by atoms with Gasteiger partial charge in [0.1, 0.15) is 0 Å². The molecule has 6 heteroatoms. The minimum Gasteiger partial charge on any atom is -0.336 e. The second kappa shape index (κ2) is 6.00. The van der Waals surface area contributed by atoms with Gasteiger partial charge in [-0.05, 0) is 13.0 Å². The van der Waals surface area contributed by atoms with Gasteiger partial charge in [0.05, 0.1) is 22.7 Å². The smallest absolute Gasteiger partial charge is 0.255 e. The van der Waals surface area contributed by atoms with Gasteiger partial charge in [0.25, 0.3) is 5.91 Å². The first kappa shape index (κ1) is 13.8. The Labute approximate surface area is 117 Å². The quantitative estimate of drug-likeness (QED) is 0.821. The van der Waals surface area contributed by atoms with Crippen molar-refractivity contribution in [1.82, 2.24) is 14.8 Å². The van der Waals surface area contributed by atoms with Crippen molar-refractivity contribution in [2.75, 3.05) is 26.2 Å². The number of carbonyl (C=O) groups is 1. The van der Waals surface area contributed by atoms with Crippen LogP contribution in [0.15, 0.2) is 18.5 Å². The zero-order valence-electron chi connectivity index (χ0n) is 10.7. The average Bonchev–Trinajstić information content (AvgIpc) is 2.46. The summed E-state index contributed by atoms with van der Waals surface area (Å²) < 4.78 is 0. The lowest BCUT2D eigenvalue weighted by molar-refractivity contribution is 0.0615. The summed E-state index contributed by atoms with van der Waals surface area (Å²) in [4.78, 5) is 20.0. The molecule has 1 aromatic rings. The molecule has 1 aliphatic rings. The average molecular weight is 279 g/mol. The van der Waals surface area contributed by atoms with Gasteiger partial charge in [0.15, 0.2) is 0 Å². The molecular formula is C13H15ClN4O. The van der Waals surface area contributed by atoms with Crippen LogP contribution in [0.2, 0.25) is 5.02 Å². The number of hydrogen-bond donors (Lipinski definition) is 0. The van der Waals surface area contributed by atoms with Gasteiger partial charge in [-0.3, -0.25) is 14.7 Å². The first-order valence-electron chi connectivity index (χ1n) is 6.16. The highest BCUT2D eigenvalue weighted by Gasteiger charge is 2.25. The van der Waals surface area contributed by atoms with Crippen LogP contribution in [0, 0.1) is 11.3 Å². The van der Waals surface area contributed by atoms with E-state index >= 15 is 0 Å². The minimum atomic E-state index is -0.109. The van der Waals surface area contributed by atoms with Crippen molar-refractivity contribution in [3.63, 3.8) is 0 Å². The second-order valence-electron chi connectivity index (χ2n) is 4.49. The van der Waals surface area contributed by atoms with Crippen LogP contribution in [-0.2, 0) is 0 Å². The standard InChI is InChI=1S/C13H15ClN4O/c1-10(8-15)17-4-6-18(7-5-17)13(19)11-2-3-16-9-12(11)14/h2-3,9-10H,4-7H2,1H3. The van der Waals surface area contributed by atoms with Gasteiger partial charge < -0.3 is 4.90 Å². The third-order valence-corrected chi connectivity index (χ3v) is 3.64. The van der Waals surface area contributed by atoms with Gasteiger partial charge in [-0.15, -0.1) is 0 Å². The molecular weight excluding hydrogens is 264 g/mol. The van der Waals surface area contributed by atoms with Gasteiger partial charge >= 0.3 is 0 Å². The molecule has 1 saturated heterocycles. The fourth-order valence-electron chi connectivity index (χ4n) is 2.11. The van der Waals surface area contributed by atoms with E-state index in [-0.39, 0.29) is 11.9 Å². The van der Waals surface area contributed by atoms with E-state index in [9.17, 15) is 4.79 Å². The van der Waals surface area contributed by atoms with E-state index < -0.39 is 0 Å². The highest BCUT2D eigenvalue weighted by atomic mass is 35.5. The molecule has 2 rings (SSSR count). The number of amides is 1. The second-order valence-corrected chi connectivity index (χ2v) is 4.90. The van der Waals surface area contributed by atoms with Gasteiger partial charge in [-0.2, -0.15) is 5.26 Å². The first-order chi connectivity index (χ1) is 9.13. The van der Waals surface area contributed by atoms with Crippen molar-refractivity contribution < 1.29 is 4.79 Å². The van der Waals surface area contributed by atoms with Crippen molar-refractivity contribution in [2.24, 2.45) is 0 Å². The molecule has 1 unspecified atom stereocenters. The molecule has 100 valence electrons. The number of carbonyl (C=O) groups excluding carboxylic acids is 1. The van der Waals surface area contributed by atoms with Crippen LogP contribution >= 0.6 is 11.6 Å². The number of piperazine rings is 1. The Morgan fingerprint density at radius 1 is 1.47 bits per heavy atom. The third-order valence-electron chi connectivity index (χ3n) is 3.34. The molecule has 0 bridgehead atoms. The number of nitrogens with zero attached hydrogens (tertiary/aromatic N) is 4. The number of aromatic nitrogens is 1. The SMILES string of the molecule is CC(C#N)N1CCN(C(=O)c2ccncc2Cl)CC1. The van der Waals surface area contributed by atoms with E-state index in [1.165, 1.54) is 6.20 Å². The molecule has 0 aliphatic carbocycles. The minimum absolute atomic E-state index is 0.0725. The Bertz CT molecular complexity index is 506. The first-order valence-corrected chi connectivity index (χ1v) is 6.53. The lowest BCUT2D eigenvalue weighted by atomic mass is 10.2. The molecule has 1 aliphatic heterocycles. The fourth-order valence-corrected chi connectivity index (χ4v) is 2.31. The summed E-state index contributed by atoms with van der Waals surface area (Å²) in [6.45, 7) is 4.52. The van der Waals surface area contributed by atoms with Gasteiger partial charge in [-0.1, -0.05) is 11.6 Å². The molecule has 0 saturated carbocycles. The van der Waals surface area contributed by atoms with E-state index in [0.717, 1.165) is 0 Å². The van der Waals surface area contributed by atoms with Crippen molar-refractivity contribution >= 4 is 17.5 Å². The van der Waals surface area contributed by atoms with Crippen LogP contribution < -0.4 is 0 Å². The lowest BCUT2D eigenvalue weighted by Crippen LogP contribution is -2.51. The summed E-state index contributed by atoms with van der Waals surface area (Å²) in [5.41, 5.74) is 0.485. The zero-order chi connectivity index (χ0) is 13.8. The van der Waals surface area contributed by atoms with Crippen molar-refractivity contribution in [3.8, 4) is 6.07 Å². The summed E-state index contributed by atoms with van der Waals surface area (Å²) >= 11 is 5.98. The van der Waals surface area contributed by atoms with Crippen molar-refractivity contribution in [2.45, 2.75) is 13.0 Å². The summed E-state index contributed by atoms with van der Waals surface area (Å²) in [6, 6.07) is 3.74. The summed E-state index contributed by atoms with van der Waals surface area (Å²) in [7, 11) is 0. The van der Waals surface area contributed by atoms with E-state index in [1.807, 2.05) is 6.92 Å². The molecule has 0 radical (unpaired) electrons. The number of nitriles is 1. The highest BCUT2D eigenvalue weighted by molar-refractivity contribution is 6.33. The van der Waals surface area contributed by atoms with E-state index in [2.05, 4.69) is 16.0 Å². The fraction of sp³-hybridized carbons (Fsp3) is 0.462. The predicted octanol–water partition coefficient (Wildman–Crippen LogP) is 1.40. The van der Waals surface area contributed by atoms with Crippen LogP contribution in [0.3, 0.4) is 0 Å². The Kier molecular flexibility index (Phi) is 4.35. The maximum absolute atomic E-state index is 12.3. The summed E-state index contributed by atoms with van der Waals surface area (Å²) in [5.74, 6) is -0.0725. The third kappa shape index (κ3) is 3.03. The molecule has 5 nitrogen and oxygen atoms in total. The molecule has 0 N–H and O–H groups in total. The molecule has 0 spiro atoms. The van der Waals surface area contributed by atoms with Crippen LogP contribution in [0.5, 0.6) is 0 Å². The summed E-state index contributed by atoms with van der Waals surface area (Å²) in [5, 5.41) is 9.26. The van der Waals surface area contributed by atoms with Gasteiger partial charge in [-0.25, -0.2) is 0 Å². The molecule has 1 atom stereocenters. The predicted molar refractivity (Wildman–Crippen MR) is 71.8 cm³/mol. The number of hydrogen-bond acceptors (Lipinski definition) is 4. The maximum Gasteiger partial charge on any atom is 0.255 e. The molecule has 19 heavy (non-hydrogen) atoms. The monoisotopic (exact) mass is 278 g/mol. The van der Waals surface area contributed by atoms with Crippen LogP contribution in [0.4, 0.5) is 0 Å². The Morgan fingerprint density at radius 2 is 2.16 bits per heavy atom. The number of halogens is 1. The Balaban J connectivity index is 2.01. The Morgan fingerprint density at radius 3 is 2.74 bits per heavy atom. The van der Waals surface area contributed by atoms with E-state index in [0.29, 0.717) is 36.8 Å². The largest absolute Gasteiger partial charge is 0.336 e. The molecule has 0 aromatic carbocycles. The molecule has 1 fully saturated rings. The molecule has 2 heterocycles. The van der Waals surface area contributed by atoms with Crippen LogP contribution in [0.1, 0.15) is 17.3 Å². The van der Waals surface area contributed by atoms with Crippen molar-refractivity contribution in [1.29, 1.82) is 5.26 Å². The Hall–Kier alpha value is -1.64. The van der Waals surface area contributed by atoms with Gasteiger partial charge in [0.2, 0.25) is 0 Å². The van der Waals surface area contributed by atoms with Gasteiger partial charge in [0, 0.05) is 38.6 Å². The zero-order valence-corrected chi connectivity index (χ0v) is 11.5. The summed E-state index contributed by atoms with van der Waals surface area (Å²) in [6.07, 6.45) is 3.04. The van der Waals surface area contributed by atoms with E-state index in [4.69, 9.17) is 16.9 Å². The lowest BCUT2D eigenvalue weighted by Gasteiger charge is -2.36. The normalized spacial score (nSPS) is 17.8. The number of pyridine rings is 1. The van der Waals surface area contributed by atoms with Crippen LogP contribution in [-0.4, -0.2) is 52.9 Å². The van der Waals surface area contributed by atoms with Crippen molar-refractivity contribution in [3.05, 3.63) is 29.0 Å².